The molecule has 6 nitrogen and oxygen atoms in total. The number of halogens is 1. The molecule has 1 fully saturated rings. The molecule has 1 aromatic heterocycles. The third-order valence-corrected chi connectivity index (χ3v) is 7.39. The number of hydrogen-bond donors (Lipinski definition) is 1. The van der Waals surface area contributed by atoms with Gasteiger partial charge in [0, 0.05) is 47.2 Å². The Morgan fingerprint density at radius 1 is 1.09 bits per heavy atom. The first kappa shape index (κ1) is 22.5. The van der Waals surface area contributed by atoms with Gasteiger partial charge in [0.1, 0.15) is 5.69 Å². The van der Waals surface area contributed by atoms with Crippen LogP contribution in [0.25, 0.3) is 11.3 Å². The third kappa shape index (κ3) is 4.55. The number of nitrogens with zero attached hydrogens (tertiary/aromatic N) is 3. The molecule has 1 N–H and O–H groups in total. The van der Waals surface area contributed by atoms with E-state index >= 15 is 0 Å². The molecule has 1 atom stereocenters. The van der Waals surface area contributed by atoms with E-state index in [0.29, 0.717) is 17.3 Å². The van der Waals surface area contributed by atoms with Crippen LogP contribution in [0.3, 0.4) is 0 Å². The molecule has 33 heavy (non-hydrogen) atoms. The molecule has 2 aromatic carbocycles. The Labute approximate surface area is 203 Å². The molecule has 0 spiro atoms. The van der Waals surface area contributed by atoms with Crippen molar-refractivity contribution in [3.63, 3.8) is 0 Å². The van der Waals surface area contributed by atoms with E-state index in [1.54, 1.807) is 11.8 Å². The number of carbonyl (C=O) groups excluding carboxylic acids is 1. The lowest BCUT2D eigenvalue weighted by atomic mass is 9.96. The predicted octanol–water partition coefficient (Wildman–Crippen LogP) is 4.72. The number of morpholine rings is 1. The summed E-state index contributed by atoms with van der Waals surface area (Å²) in [5.74, 6) is 0.0126. The second kappa shape index (κ2) is 9.89. The van der Waals surface area contributed by atoms with Gasteiger partial charge in [-0.25, -0.2) is 0 Å². The van der Waals surface area contributed by atoms with Crippen molar-refractivity contribution < 1.29 is 9.53 Å². The molecule has 8 heteroatoms. The van der Waals surface area contributed by atoms with E-state index in [4.69, 9.17) is 16.3 Å². The Morgan fingerprint density at radius 2 is 1.82 bits per heavy atom. The molecule has 2 aliphatic heterocycles. The summed E-state index contributed by atoms with van der Waals surface area (Å²) in [4.78, 5) is 19.1. The Balaban J connectivity index is 1.47. The summed E-state index contributed by atoms with van der Waals surface area (Å²) in [5, 5.41) is 8.26. The zero-order valence-electron chi connectivity index (χ0n) is 18.6. The Bertz CT molecular complexity index is 1110. The molecular formula is C25H27ClN4O2S. The summed E-state index contributed by atoms with van der Waals surface area (Å²) in [5.41, 5.74) is 4.40. The maximum atomic E-state index is 13.5. The quantitative estimate of drug-likeness (QED) is 0.494. The number of H-pyrrole nitrogens is 1. The summed E-state index contributed by atoms with van der Waals surface area (Å²) in [6.07, 6.45) is 2.98. The lowest BCUT2D eigenvalue weighted by Gasteiger charge is -2.29. The molecule has 2 aliphatic rings. The second-order valence-corrected chi connectivity index (χ2v) is 9.67. The van der Waals surface area contributed by atoms with Gasteiger partial charge in [-0.05, 0) is 42.5 Å². The number of amides is 1. The van der Waals surface area contributed by atoms with Crippen LogP contribution in [0.2, 0.25) is 5.02 Å². The Kier molecular flexibility index (Phi) is 6.74. The molecule has 172 valence electrons. The molecule has 0 saturated carbocycles. The van der Waals surface area contributed by atoms with Crippen molar-refractivity contribution in [1.82, 2.24) is 20.0 Å². The first-order valence-corrected chi connectivity index (χ1v) is 12.8. The lowest BCUT2D eigenvalue weighted by Crippen LogP contribution is -2.38. The fourth-order valence-corrected chi connectivity index (χ4v) is 5.21. The molecule has 1 saturated heterocycles. The lowest BCUT2D eigenvalue weighted by molar-refractivity contribution is 0.0354. The highest BCUT2D eigenvalue weighted by molar-refractivity contribution is 7.98. The van der Waals surface area contributed by atoms with Crippen LogP contribution >= 0.6 is 23.4 Å². The van der Waals surface area contributed by atoms with E-state index < -0.39 is 0 Å². The van der Waals surface area contributed by atoms with Crippen LogP contribution in [0, 0.1) is 0 Å². The zero-order chi connectivity index (χ0) is 22.8. The number of aromatic amines is 1. The van der Waals surface area contributed by atoms with Crippen molar-refractivity contribution in [3.8, 4) is 11.3 Å². The molecule has 1 amide bonds. The van der Waals surface area contributed by atoms with Crippen molar-refractivity contribution in [2.75, 3.05) is 45.6 Å². The summed E-state index contributed by atoms with van der Waals surface area (Å²) in [6, 6.07) is 16.0. The van der Waals surface area contributed by atoms with Crippen molar-refractivity contribution >= 4 is 29.3 Å². The fraction of sp³-hybridized carbons (Fsp3) is 0.360. The van der Waals surface area contributed by atoms with Crippen LogP contribution in [0.1, 0.15) is 34.1 Å². The minimum absolute atomic E-state index is 0.0126. The smallest absolute Gasteiger partial charge is 0.273 e. The molecule has 1 unspecified atom stereocenters. The van der Waals surface area contributed by atoms with E-state index in [9.17, 15) is 4.79 Å². The van der Waals surface area contributed by atoms with Crippen LogP contribution < -0.4 is 0 Å². The molecule has 0 radical (unpaired) electrons. The Morgan fingerprint density at radius 3 is 2.52 bits per heavy atom. The molecule has 0 bridgehead atoms. The maximum Gasteiger partial charge on any atom is 0.273 e. The Hall–Kier alpha value is -2.32. The zero-order valence-corrected chi connectivity index (χ0v) is 20.2. The van der Waals surface area contributed by atoms with Gasteiger partial charge in [-0.3, -0.25) is 14.8 Å². The number of benzene rings is 2. The van der Waals surface area contributed by atoms with Gasteiger partial charge in [0.15, 0.2) is 0 Å². The number of hydrogen-bond acceptors (Lipinski definition) is 5. The van der Waals surface area contributed by atoms with Gasteiger partial charge in [0.2, 0.25) is 0 Å². The highest BCUT2D eigenvalue weighted by atomic mass is 35.5. The van der Waals surface area contributed by atoms with Gasteiger partial charge in [0.05, 0.1) is 24.9 Å². The van der Waals surface area contributed by atoms with E-state index in [1.807, 2.05) is 29.2 Å². The number of thioether (sulfide) groups is 1. The number of carbonyl (C=O) groups is 1. The number of nitrogens with one attached hydrogen (secondary N) is 1. The number of fused-ring (bicyclic) bond motifs is 1. The van der Waals surface area contributed by atoms with Gasteiger partial charge in [0.25, 0.3) is 5.91 Å². The monoisotopic (exact) mass is 482 g/mol. The SMILES string of the molecule is CSc1ccc(C2c3c(-c4ccc(Cl)cc4)n[nH]c3C(=O)N2CCCN2CCOCC2)cc1. The van der Waals surface area contributed by atoms with Crippen LogP contribution in [-0.2, 0) is 4.74 Å². The molecular weight excluding hydrogens is 456 g/mol. The van der Waals surface area contributed by atoms with Crippen LogP contribution in [-0.4, -0.2) is 71.6 Å². The van der Waals surface area contributed by atoms with Gasteiger partial charge >= 0.3 is 0 Å². The third-order valence-electron chi connectivity index (χ3n) is 6.39. The van der Waals surface area contributed by atoms with Gasteiger partial charge in [-0.2, -0.15) is 5.10 Å². The average molecular weight is 483 g/mol. The molecule has 5 rings (SSSR count). The molecule has 3 heterocycles. The first-order valence-electron chi connectivity index (χ1n) is 11.2. The van der Waals surface area contributed by atoms with Crippen molar-refractivity contribution in [1.29, 1.82) is 0 Å². The minimum Gasteiger partial charge on any atom is -0.379 e. The summed E-state index contributed by atoms with van der Waals surface area (Å²) in [6.45, 7) is 5.13. The van der Waals surface area contributed by atoms with E-state index in [0.717, 1.165) is 61.7 Å². The number of rotatable bonds is 7. The van der Waals surface area contributed by atoms with Crippen LogP contribution in [0.4, 0.5) is 0 Å². The second-order valence-electron chi connectivity index (χ2n) is 8.35. The molecule has 3 aromatic rings. The van der Waals surface area contributed by atoms with E-state index in [-0.39, 0.29) is 11.9 Å². The minimum atomic E-state index is -0.169. The largest absolute Gasteiger partial charge is 0.379 e. The van der Waals surface area contributed by atoms with Crippen molar-refractivity contribution in [2.45, 2.75) is 17.4 Å². The summed E-state index contributed by atoms with van der Waals surface area (Å²) >= 11 is 7.82. The fourth-order valence-electron chi connectivity index (χ4n) is 4.68. The first-order chi connectivity index (χ1) is 16.2. The summed E-state index contributed by atoms with van der Waals surface area (Å²) < 4.78 is 5.46. The van der Waals surface area contributed by atoms with E-state index in [2.05, 4.69) is 45.6 Å². The number of aromatic nitrogens is 2. The van der Waals surface area contributed by atoms with Crippen molar-refractivity contribution in [3.05, 3.63) is 70.4 Å². The van der Waals surface area contributed by atoms with Gasteiger partial charge in [-0.1, -0.05) is 35.9 Å². The highest BCUT2D eigenvalue weighted by Crippen LogP contribution is 2.43. The maximum absolute atomic E-state index is 13.5. The van der Waals surface area contributed by atoms with Gasteiger partial charge in [-0.15, -0.1) is 11.8 Å². The average Bonchev–Trinajstić information content (AvgIpc) is 3.40. The predicted molar refractivity (Wildman–Crippen MR) is 132 cm³/mol. The van der Waals surface area contributed by atoms with Crippen LogP contribution in [0.5, 0.6) is 0 Å². The topological polar surface area (TPSA) is 61.5 Å². The van der Waals surface area contributed by atoms with Gasteiger partial charge < -0.3 is 9.64 Å². The van der Waals surface area contributed by atoms with E-state index in [1.165, 1.54) is 4.90 Å². The number of ether oxygens (including phenoxy) is 1. The highest BCUT2D eigenvalue weighted by Gasteiger charge is 2.41. The summed E-state index contributed by atoms with van der Waals surface area (Å²) in [7, 11) is 0. The normalized spacial score (nSPS) is 18.7. The van der Waals surface area contributed by atoms with Crippen molar-refractivity contribution in [2.24, 2.45) is 0 Å². The molecule has 0 aliphatic carbocycles. The van der Waals surface area contributed by atoms with Crippen LogP contribution in [0.15, 0.2) is 53.4 Å². The standard InChI is InChI=1S/C25H27ClN4O2S/c1-33-20-9-5-18(6-10-20)24-21-22(17-3-7-19(26)8-4-17)27-28-23(21)25(31)30(24)12-2-11-29-13-15-32-16-14-29/h3-10,24H,2,11-16H2,1H3,(H,27,28).